The highest BCUT2D eigenvalue weighted by Gasteiger charge is 2.15. The first-order valence-corrected chi connectivity index (χ1v) is 7.33. The highest BCUT2D eigenvalue weighted by atomic mass is 32.1. The van der Waals surface area contributed by atoms with Gasteiger partial charge in [0.15, 0.2) is 5.11 Å². The summed E-state index contributed by atoms with van der Waals surface area (Å²) in [5.41, 5.74) is 9.11. The Morgan fingerprint density at radius 3 is 2.50 bits per heavy atom. The Bertz CT molecular complexity index is 538. The van der Waals surface area contributed by atoms with Gasteiger partial charge in [0.2, 0.25) is 0 Å². The summed E-state index contributed by atoms with van der Waals surface area (Å²) in [7, 11) is 0. The molecule has 4 N–H and O–H groups in total. The molecule has 0 aliphatic heterocycles. The van der Waals surface area contributed by atoms with E-state index < -0.39 is 11.7 Å². The molecule has 0 bridgehead atoms. The number of hydrogen-bond donors (Lipinski definition) is 3. The van der Waals surface area contributed by atoms with E-state index in [2.05, 4.69) is 15.8 Å². The summed E-state index contributed by atoms with van der Waals surface area (Å²) in [5.74, 6) is 0. The van der Waals surface area contributed by atoms with E-state index in [0.29, 0.717) is 13.0 Å². The van der Waals surface area contributed by atoms with Crippen LogP contribution in [0.4, 0.5) is 4.79 Å². The average Bonchev–Trinajstić information content (AvgIpc) is 2.41. The molecule has 0 fully saturated rings. The number of ether oxygens (including phenoxy) is 1. The molecule has 120 valence electrons. The summed E-state index contributed by atoms with van der Waals surface area (Å²) in [6.07, 6.45) is 0.0565. The standard InChI is InChI=1S/C15H22N4O2S/c1-15(2,3)21-14(20)17-10-9-12(18-19-13(16)22)11-7-5-4-6-8-11/h4-8H,9-10H2,1-3H3,(H,17,20)(H3,16,19,22). The van der Waals surface area contributed by atoms with E-state index in [1.54, 1.807) is 0 Å². The minimum Gasteiger partial charge on any atom is -0.444 e. The topological polar surface area (TPSA) is 88.7 Å². The summed E-state index contributed by atoms with van der Waals surface area (Å²) in [5, 5.41) is 6.96. The van der Waals surface area contributed by atoms with Crippen molar-refractivity contribution in [1.29, 1.82) is 0 Å². The van der Waals surface area contributed by atoms with Gasteiger partial charge in [-0.3, -0.25) is 5.43 Å². The van der Waals surface area contributed by atoms with Gasteiger partial charge in [0, 0.05) is 13.0 Å². The zero-order valence-corrected chi connectivity index (χ0v) is 13.9. The van der Waals surface area contributed by atoms with Gasteiger partial charge in [-0.15, -0.1) is 0 Å². The molecule has 1 aromatic carbocycles. The summed E-state index contributed by atoms with van der Waals surface area (Å²) < 4.78 is 5.18. The van der Waals surface area contributed by atoms with Gasteiger partial charge in [0.1, 0.15) is 5.60 Å². The second kappa shape index (κ2) is 8.33. The predicted octanol–water partition coefficient (Wildman–Crippen LogP) is 2.14. The Balaban J connectivity index is 2.61. The number of alkyl carbamates (subject to hydrolysis) is 1. The number of benzene rings is 1. The van der Waals surface area contributed by atoms with Gasteiger partial charge >= 0.3 is 6.09 Å². The van der Waals surface area contributed by atoms with Crippen molar-refractivity contribution in [1.82, 2.24) is 10.7 Å². The van der Waals surface area contributed by atoms with Crippen molar-refractivity contribution in [2.75, 3.05) is 6.54 Å². The molecule has 0 aromatic heterocycles. The number of amides is 1. The van der Waals surface area contributed by atoms with E-state index in [9.17, 15) is 4.79 Å². The second-order valence-corrected chi connectivity index (χ2v) is 6.02. The first-order valence-electron chi connectivity index (χ1n) is 6.92. The number of thiocarbonyl (C=S) groups is 1. The fraction of sp³-hybridized carbons (Fsp3) is 0.400. The van der Waals surface area contributed by atoms with Gasteiger partial charge in [-0.05, 0) is 38.6 Å². The Hall–Kier alpha value is -2.15. The van der Waals surface area contributed by atoms with E-state index >= 15 is 0 Å². The SMILES string of the molecule is CC(C)(C)OC(=O)NCCC(=NNC(N)=S)c1ccccc1. The van der Waals surface area contributed by atoms with Crippen molar-refractivity contribution in [2.24, 2.45) is 10.8 Å². The van der Waals surface area contributed by atoms with Crippen molar-refractivity contribution in [3.63, 3.8) is 0 Å². The smallest absolute Gasteiger partial charge is 0.407 e. The van der Waals surface area contributed by atoms with Crippen LogP contribution in [0.1, 0.15) is 32.8 Å². The number of rotatable bonds is 5. The zero-order valence-electron chi connectivity index (χ0n) is 13.1. The van der Waals surface area contributed by atoms with Crippen molar-refractivity contribution in [3.8, 4) is 0 Å². The number of carbonyl (C=O) groups excluding carboxylic acids is 1. The normalized spacial score (nSPS) is 11.7. The third kappa shape index (κ3) is 7.58. The number of hydrazone groups is 1. The molecule has 0 saturated heterocycles. The highest BCUT2D eigenvalue weighted by molar-refractivity contribution is 7.80. The molecule has 1 rings (SSSR count). The van der Waals surface area contributed by atoms with Gasteiger partial charge in [0.25, 0.3) is 0 Å². The molecule has 0 radical (unpaired) electrons. The molecule has 0 heterocycles. The van der Waals surface area contributed by atoms with E-state index in [1.807, 2.05) is 51.1 Å². The fourth-order valence-electron chi connectivity index (χ4n) is 1.62. The first kappa shape index (κ1) is 17.9. The minimum atomic E-state index is -0.520. The summed E-state index contributed by atoms with van der Waals surface area (Å²) in [4.78, 5) is 11.6. The lowest BCUT2D eigenvalue weighted by atomic mass is 10.1. The van der Waals surface area contributed by atoms with Crippen LogP contribution < -0.4 is 16.5 Å². The molecule has 0 saturated carbocycles. The molecule has 0 aliphatic carbocycles. The van der Waals surface area contributed by atoms with Crippen LogP contribution in [0.15, 0.2) is 35.4 Å². The quantitative estimate of drug-likeness (QED) is 0.439. The zero-order chi connectivity index (χ0) is 16.6. The molecule has 1 aromatic rings. The first-order chi connectivity index (χ1) is 10.3. The maximum absolute atomic E-state index is 11.6. The third-order valence-corrected chi connectivity index (χ3v) is 2.53. The Labute approximate surface area is 136 Å². The monoisotopic (exact) mass is 322 g/mol. The van der Waals surface area contributed by atoms with E-state index in [1.165, 1.54) is 0 Å². The molecule has 0 aliphatic rings. The molecule has 0 atom stereocenters. The second-order valence-electron chi connectivity index (χ2n) is 5.58. The van der Waals surface area contributed by atoms with E-state index in [0.717, 1.165) is 11.3 Å². The minimum absolute atomic E-state index is 0.0912. The van der Waals surface area contributed by atoms with E-state index in [4.69, 9.17) is 22.7 Å². The molecule has 6 nitrogen and oxygen atoms in total. The molecule has 0 spiro atoms. The molecule has 0 unspecified atom stereocenters. The van der Waals surface area contributed by atoms with Gasteiger partial charge in [-0.2, -0.15) is 5.10 Å². The molecule has 22 heavy (non-hydrogen) atoms. The number of nitrogens with two attached hydrogens (primary N) is 1. The average molecular weight is 322 g/mol. The lowest BCUT2D eigenvalue weighted by Gasteiger charge is -2.19. The van der Waals surface area contributed by atoms with Crippen molar-refractivity contribution in [2.45, 2.75) is 32.8 Å². The van der Waals surface area contributed by atoms with Crippen LogP contribution >= 0.6 is 12.2 Å². The van der Waals surface area contributed by atoms with Gasteiger partial charge in [0.05, 0.1) is 5.71 Å². The maximum Gasteiger partial charge on any atom is 0.407 e. The van der Waals surface area contributed by atoms with Crippen LogP contribution in [0.2, 0.25) is 0 Å². The largest absolute Gasteiger partial charge is 0.444 e. The van der Waals surface area contributed by atoms with Crippen LogP contribution in [0.25, 0.3) is 0 Å². The summed E-state index contributed by atoms with van der Waals surface area (Å²) in [6, 6.07) is 9.59. The number of hydrogen-bond acceptors (Lipinski definition) is 4. The molecular weight excluding hydrogens is 300 g/mol. The number of carbonyl (C=O) groups is 1. The lowest BCUT2D eigenvalue weighted by molar-refractivity contribution is 0.0529. The van der Waals surface area contributed by atoms with E-state index in [-0.39, 0.29) is 5.11 Å². The Kier molecular flexibility index (Phi) is 6.78. The van der Waals surface area contributed by atoms with Crippen LogP contribution in [0.5, 0.6) is 0 Å². The van der Waals surface area contributed by atoms with Crippen molar-refractivity contribution in [3.05, 3.63) is 35.9 Å². The fourth-order valence-corrected chi connectivity index (χ4v) is 1.66. The maximum atomic E-state index is 11.6. The Morgan fingerprint density at radius 2 is 1.95 bits per heavy atom. The van der Waals surface area contributed by atoms with Gasteiger partial charge < -0.3 is 15.8 Å². The molecular formula is C15H22N4O2S. The summed E-state index contributed by atoms with van der Waals surface area (Å²) >= 11 is 4.75. The number of nitrogens with one attached hydrogen (secondary N) is 2. The van der Waals surface area contributed by atoms with Gasteiger partial charge in [-0.1, -0.05) is 30.3 Å². The Morgan fingerprint density at radius 1 is 1.32 bits per heavy atom. The summed E-state index contributed by atoms with van der Waals surface area (Å²) in [6.45, 7) is 5.84. The molecule has 7 heteroatoms. The van der Waals surface area contributed by atoms with Crippen molar-refractivity contribution >= 4 is 29.1 Å². The highest BCUT2D eigenvalue weighted by Crippen LogP contribution is 2.07. The van der Waals surface area contributed by atoms with Crippen LogP contribution in [0.3, 0.4) is 0 Å². The number of nitrogens with zero attached hydrogens (tertiary/aromatic N) is 1. The lowest BCUT2D eigenvalue weighted by Crippen LogP contribution is -2.34. The third-order valence-electron chi connectivity index (χ3n) is 2.44. The van der Waals surface area contributed by atoms with Crippen LogP contribution in [0, 0.1) is 0 Å². The van der Waals surface area contributed by atoms with Crippen LogP contribution in [-0.2, 0) is 4.74 Å². The molecule has 1 amide bonds. The van der Waals surface area contributed by atoms with Gasteiger partial charge in [-0.25, -0.2) is 4.79 Å². The predicted molar refractivity (Wildman–Crippen MR) is 91.8 cm³/mol. The van der Waals surface area contributed by atoms with Crippen LogP contribution in [-0.4, -0.2) is 29.1 Å². The van der Waals surface area contributed by atoms with Crippen molar-refractivity contribution < 1.29 is 9.53 Å².